The fourth-order valence-electron chi connectivity index (χ4n) is 3.94. The number of benzene rings is 1. The van der Waals surface area contributed by atoms with Crippen molar-refractivity contribution in [3.8, 4) is 5.75 Å². The van der Waals surface area contributed by atoms with Crippen LogP contribution in [0.5, 0.6) is 5.75 Å². The molecule has 1 nitrogen and oxygen atoms in total. The van der Waals surface area contributed by atoms with Gasteiger partial charge in [0, 0.05) is 0 Å². The Hall–Kier alpha value is -1.38. The second-order valence-electron chi connectivity index (χ2n) is 7.32. The fraction of sp³-hybridized carbons (Fsp3) is 0.619. The predicted molar refractivity (Wildman–Crippen MR) is 93.2 cm³/mol. The minimum atomic E-state index is -0.828. The average molecular weight is 334 g/mol. The molecule has 0 heterocycles. The third-order valence-corrected chi connectivity index (χ3v) is 5.46. The second-order valence-corrected chi connectivity index (χ2v) is 7.32. The van der Waals surface area contributed by atoms with Crippen molar-refractivity contribution in [3.63, 3.8) is 0 Å². The van der Waals surface area contributed by atoms with Gasteiger partial charge in [0.15, 0.2) is 11.6 Å². The zero-order valence-corrected chi connectivity index (χ0v) is 14.4. The van der Waals surface area contributed by atoms with Crippen molar-refractivity contribution >= 4 is 0 Å². The van der Waals surface area contributed by atoms with Gasteiger partial charge < -0.3 is 4.74 Å². The van der Waals surface area contributed by atoms with E-state index in [2.05, 4.69) is 12.2 Å². The molecule has 0 radical (unpaired) electrons. The monoisotopic (exact) mass is 334 g/mol. The first-order valence-electron chi connectivity index (χ1n) is 9.50. The van der Waals surface area contributed by atoms with Gasteiger partial charge in [-0.2, -0.15) is 4.39 Å². The molecule has 2 aliphatic carbocycles. The van der Waals surface area contributed by atoms with E-state index in [0.717, 1.165) is 19.3 Å². The molecular weight excluding hydrogens is 306 g/mol. The number of ether oxygens (including phenoxy) is 1. The molecule has 2 fully saturated rings. The number of halogens is 2. The lowest BCUT2D eigenvalue weighted by atomic mass is 10.0. The van der Waals surface area contributed by atoms with Gasteiger partial charge in [-0.3, -0.25) is 0 Å². The van der Waals surface area contributed by atoms with Gasteiger partial charge in [-0.15, -0.1) is 0 Å². The normalized spacial score (nSPS) is 19.6. The first-order valence-corrected chi connectivity index (χ1v) is 9.50. The molecule has 0 atom stereocenters. The third kappa shape index (κ3) is 4.58. The summed E-state index contributed by atoms with van der Waals surface area (Å²) in [6, 6.07) is 3.26. The molecule has 0 aromatic heterocycles. The van der Waals surface area contributed by atoms with Crippen LogP contribution >= 0.6 is 0 Å². The highest BCUT2D eigenvalue weighted by Gasteiger charge is 2.18. The number of hydrogen-bond donors (Lipinski definition) is 0. The van der Waals surface area contributed by atoms with Crippen molar-refractivity contribution in [2.24, 2.45) is 11.8 Å². The molecule has 24 heavy (non-hydrogen) atoms. The molecule has 3 rings (SSSR count). The van der Waals surface area contributed by atoms with Gasteiger partial charge in [0.05, 0.1) is 6.61 Å². The van der Waals surface area contributed by atoms with Gasteiger partial charge in [-0.1, -0.05) is 43.9 Å². The Morgan fingerprint density at radius 1 is 0.958 bits per heavy atom. The lowest BCUT2D eigenvalue weighted by Gasteiger charge is -2.13. The summed E-state index contributed by atoms with van der Waals surface area (Å²) in [5, 5.41) is 0. The summed E-state index contributed by atoms with van der Waals surface area (Å²) in [4.78, 5) is 0. The molecule has 0 aliphatic heterocycles. The zero-order valence-electron chi connectivity index (χ0n) is 14.4. The molecule has 2 saturated carbocycles. The van der Waals surface area contributed by atoms with Gasteiger partial charge >= 0.3 is 0 Å². The van der Waals surface area contributed by atoms with Crippen molar-refractivity contribution < 1.29 is 13.5 Å². The maximum atomic E-state index is 14.2. The lowest BCUT2D eigenvalue weighted by molar-refractivity contribution is 0.238. The first kappa shape index (κ1) is 17.4. The summed E-state index contributed by atoms with van der Waals surface area (Å²) < 4.78 is 33.9. The lowest BCUT2D eigenvalue weighted by Crippen LogP contribution is -2.10. The average Bonchev–Trinajstić information content (AvgIpc) is 3.28. The SMILES string of the molecule is Fc1c(CC/C=C/C2CCCC2)ccc(OCC2CCCC2)c1F. The molecule has 0 bridgehead atoms. The Balaban J connectivity index is 1.51. The van der Waals surface area contributed by atoms with E-state index in [0.29, 0.717) is 30.4 Å². The van der Waals surface area contributed by atoms with Crippen molar-refractivity contribution in [1.29, 1.82) is 0 Å². The van der Waals surface area contributed by atoms with Crippen LogP contribution in [0, 0.1) is 23.5 Å². The van der Waals surface area contributed by atoms with Gasteiger partial charge in [0.2, 0.25) is 5.82 Å². The minimum absolute atomic E-state index is 0.0599. The second kappa shape index (κ2) is 8.64. The molecule has 0 spiro atoms. The van der Waals surface area contributed by atoms with E-state index in [9.17, 15) is 8.78 Å². The van der Waals surface area contributed by atoms with E-state index in [1.807, 2.05) is 0 Å². The van der Waals surface area contributed by atoms with Crippen LogP contribution in [0.15, 0.2) is 24.3 Å². The van der Waals surface area contributed by atoms with E-state index < -0.39 is 11.6 Å². The number of allylic oxidation sites excluding steroid dienone is 2. The molecule has 0 saturated heterocycles. The minimum Gasteiger partial charge on any atom is -0.490 e. The van der Waals surface area contributed by atoms with E-state index in [4.69, 9.17) is 4.74 Å². The molecular formula is C21H28F2O. The largest absolute Gasteiger partial charge is 0.490 e. The molecule has 1 aromatic rings. The van der Waals surface area contributed by atoms with E-state index in [1.54, 1.807) is 12.1 Å². The highest BCUT2D eigenvalue weighted by Crippen LogP contribution is 2.29. The van der Waals surface area contributed by atoms with Crippen LogP contribution in [0.3, 0.4) is 0 Å². The Labute approximate surface area is 144 Å². The molecule has 0 unspecified atom stereocenters. The quantitative estimate of drug-likeness (QED) is 0.538. The van der Waals surface area contributed by atoms with Crippen LogP contribution in [-0.4, -0.2) is 6.61 Å². The summed E-state index contributed by atoms with van der Waals surface area (Å²) in [5.74, 6) is -0.325. The molecule has 132 valence electrons. The van der Waals surface area contributed by atoms with E-state index >= 15 is 0 Å². The first-order chi connectivity index (χ1) is 11.7. The number of aryl methyl sites for hydroxylation is 1. The third-order valence-electron chi connectivity index (χ3n) is 5.46. The van der Waals surface area contributed by atoms with Crippen molar-refractivity contribution in [3.05, 3.63) is 41.5 Å². The molecule has 1 aromatic carbocycles. The van der Waals surface area contributed by atoms with Gasteiger partial charge in [0.1, 0.15) is 0 Å². The Kier molecular flexibility index (Phi) is 6.28. The van der Waals surface area contributed by atoms with Crippen LogP contribution in [0.2, 0.25) is 0 Å². The number of hydrogen-bond acceptors (Lipinski definition) is 1. The van der Waals surface area contributed by atoms with Gasteiger partial charge in [-0.25, -0.2) is 4.39 Å². The van der Waals surface area contributed by atoms with Gasteiger partial charge in [-0.05, 0) is 62.0 Å². The standard InChI is InChI=1S/C21H28F2O/c22-20-18(12-6-5-9-16-7-1-2-8-16)13-14-19(21(20)23)24-15-17-10-3-4-11-17/h5,9,13-14,16-17H,1-4,6-8,10-12,15H2/b9-5+. The van der Waals surface area contributed by atoms with E-state index in [1.165, 1.54) is 38.5 Å². The zero-order chi connectivity index (χ0) is 16.8. The van der Waals surface area contributed by atoms with Gasteiger partial charge in [0.25, 0.3) is 0 Å². The smallest absolute Gasteiger partial charge is 0.200 e. The highest BCUT2D eigenvalue weighted by molar-refractivity contribution is 5.31. The van der Waals surface area contributed by atoms with Crippen molar-refractivity contribution in [2.45, 2.75) is 64.2 Å². The summed E-state index contributed by atoms with van der Waals surface area (Å²) in [7, 11) is 0. The summed E-state index contributed by atoms with van der Waals surface area (Å²) in [6.07, 6.45) is 15.6. The van der Waals surface area contributed by atoms with Crippen molar-refractivity contribution in [1.82, 2.24) is 0 Å². The Morgan fingerprint density at radius 3 is 2.42 bits per heavy atom. The highest BCUT2D eigenvalue weighted by atomic mass is 19.2. The van der Waals surface area contributed by atoms with E-state index in [-0.39, 0.29) is 5.75 Å². The van der Waals surface area contributed by atoms with Crippen LogP contribution in [0.1, 0.15) is 63.4 Å². The maximum Gasteiger partial charge on any atom is 0.200 e. The molecule has 3 heteroatoms. The molecule has 0 N–H and O–H groups in total. The fourth-order valence-corrected chi connectivity index (χ4v) is 3.94. The molecule has 0 amide bonds. The Bertz CT molecular complexity index is 555. The maximum absolute atomic E-state index is 14.2. The summed E-state index contributed by atoms with van der Waals surface area (Å²) in [5.41, 5.74) is 0.441. The summed E-state index contributed by atoms with van der Waals surface area (Å²) in [6.45, 7) is 0.500. The number of rotatable bonds is 7. The van der Waals surface area contributed by atoms with Crippen LogP contribution in [0.25, 0.3) is 0 Å². The predicted octanol–water partition coefficient (Wildman–Crippen LogP) is 6.21. The Morgan fingerprint density at radius 2 is 1.67 bits per heavy atom. The summed E-state index contributed by atoms with van der Waals surface area (Å²) >= 11 is 0. The topological polar surface area (TPSA) is 9.23 Å². The van der Waals surface area contributed by atoms with Crippen molar-refractivity contribution in [2.75, 3.05) is 6.61 Å². The molecule has 2 aliphatic rings. The van der Waals surface area contributed by atoms with Crippen LogP contribution in [0.4, 0.5) is 8.78 Å². The van der Waals surface area contributed by atoms with Crippen LogP contribution in [-0.2, 0) is 6.42 Å². The van der Waals surface area contributed by atoms with Crippen LogP contribution < -0.4 is 4.74 Å².